The highest BCUT2D eigenvalue weighted by Crippen LogP contribution is 2.31. The van der Waals surface area contributed by atoms with Crippen molar-refractivity contribution in [2.24, 2.45) is 0 Å². The highest BCUT2D eigenvalue weighted by Gasteiger charge is 2.12. The zero-order chi connectivity index (χ0) is 13.7. The number of aliphatic hydroxyl groups excluding tert-OH is 1. The Morgan fingerprint density at radius 3 is 2.68 bits per heavy atom. The standard InChI is InChI=1S/C13H15N3O3/c1-2-18-12-11(14)13(16-8-15-12)19-10-6-4-3-5-9(10)7-17/h3-6,8,17H,2,7,14H2,1H3. The van der Waals surface area contributed by atoms with Gasteiger partial charge >= 0.3 is 0 Å². The van der Waals surface area contributed by atoms with E-state index >= 15 is 0 Å². The monoisotopic (exact) mass is 261 g/mol. The Kier molecular flexibility index (Phi) is 4.15. The first-order chi connectivity index (χ1) is 9.26. The van der Waals surface area contributed by atoms with Gasteiger partial charge in [-0.25, -0.2) is 0 Å². The van der Waals surface area contributed by atoms with Crippen molar-refractivity contribution in [2.75, 3.05) is 12.3 Å². The van der Waals surface area contributed by atoms with Crippen LogP contribution in [0.25, 0.3) is 0 Å². The van der Waals surface area contributed by atoms with Crippen LogP contribution in [0.4, 0.5) is 5.69 Å². The fraction of sp³-hybridized carbons (Fsp3) is 0.231. The van der Waals surface area contributed by atoms with Crippen molar-refractivity contribution >= 4 is 5.69 Å². The third-order valence-corrected chi connectivity index (χ3v) is 2.44. The van der Waals surface area contributed by atoms with Crippen LogP contribution in [0.15, 0.2) is 30.6 Å². The van der Waals surface area contributed by atoms with E-state index in [9.17, 15) is 5.11 Å². The van der Waals surface area contributed by atoms with Gasteiger partial charge in [0.2, 0.25) is 11.8 Å². The first kappa shape index (κ1) is 13.1. The number of rotatable bonds is 5. The molecular weight excluding hydrogens is 246 g/mol. The minimum absolute atomic E-state index is 0.126. The predicted molar refractivity (Wildman–Crippen MR) is 70.1 cm³/mol. The van der Waals surface area contributed by atoms with Crippen LogP contribution in [0.2, 0.25) is 0 Å². The summed E-state index contributed by atoms with van der Waals surface area (Å²) >= 11 is 0. The largest absolute Gasteiger partial charge is 0.476 e. The smallest absolute Gasteiger partial charge is 0.249 e. The van der Waals surface area contributed by atoms with Crippen LogP contribution < -0.4 is 15.2 Å². The van der Waals surface area contributed by atoms with Gasteiger partial charge in [0.25, 0.3) is 0 Å². The predicted octanol–water partition coefficient (Wildman–Crippen LogP) is 1.74. The number of ether oxygens (including phenoxy) is 2. The number of nitrogens with two attached hydrogens (primary N) is 1. The molecule has 0 amide bonds. The van der Waals surface area contributed by atoms with Gasteiger partial charge in [-0.3, -0.25) is 0 Å². The molecule has 19 heavy (non-hydrogen) atoms. The van der Waals surface area contributed by atoms with Gasteiger partial charge in [-0.1, -0.05) is 18.2 Å². The maximum Gasteiger partial charge on any atom is 0.249 e. The average Bonchev–Trinajstić information content (AvgIpc) is 2.44. The number of hydrogen-bond acceptors (Lipinski definition) is 6. The summed E-state index contributed by atoms with van der Waals surface area (Å²) in [4.78, 5) is 7.90. The zero-order valence-corrected chi connectivity index (χ0v) is 10.5. The van der Waals surface area contributed by atoms with Gasteiger partial charge in [0.1, 0.15) is 12.1 Å². The maximum atomic E-state index is 9.24. The van der Waals surface area contributed by atoms with E-state index in [-0.39, 0.29) is 24.1 Å². The first-order valence-corrected chi connectivity index (χ1v) is 5.86. The topological polar surface area (TPSA) is 90.5 Å². The second kappa shape index (κ2) is 6.01. The molecule has 0 aliphatic carbocycles. The van der Waals surface area contributed by atoms with Gasteiger partial charge in [0, 0.05) is 5.56 Å². The van der Waals surface area contributed by atoms with Crippen LogP contribution in [0.5, 0.6) is 17.5 Å². The molecule has 6 nitrogen and oxygen atoms in total. The molecule has 1 heterocycles. The maximum absolute atomic E-state index is 9.24. The van der Waals surface area contributed by atoms with E-state index in [2.05, 4.69) is 9.97 Å². The lowest BCUT2D eigenvalue weighted by molar-refractivity contribution is 0.276. The molecule has 0 spiro atoms. The van der Waals surface area contributed by atoms with Crippen molar-refractivity contribution in [3.63, 3.8) is 0 Å². The Morgan fingerprint density at radius 1 is 1.21 bits per heavy atom. The summed E-state index contributed by atoms with van der Waals surface area (Å²) in [7, 11) is 0. The van der Waals surface area contributed by atoms with Gasteiger partial charge < -0.3 is 20.3 Å². The summed E-state index contributed by atoms with van der Waals surface area (Å²) < 4.78 is 10.9. The average molecular weight is 261 g/mol. The lowest BCUT2D eigenvalue weighted by atomic mass is 10.2. The molecule has 6 heteroatoms. The van der Waals surface area contributed by atoms with Gasteiger partial charge in [0.05, 0.1) is 13.2 Å². The van der Waals surface area contributed by atoms with E-state index in [1.54, 1.807) is 18.2 Å². The summed E-state index contributed by atoms with van der Waals surface area (Å²) in [5.74, 6) is 0.992. The normalized spacial score (nSPS) is 10.2. The SMILES string of the molecule is CCOc1ncnc(Oc2ccccc2CO)c1N. The number of aliphatic hydroxyl groups is 1. The molecule has 1 aromatic heterocycles. The highest BCUT2D eigenvalue weighted by atomic mass is 16.5. The molecule has 2 rings (SSSR count). The van der Waals surface area contributed by atoms with Crippen LogP contribution >= 0.6 is 0 Å². The molecular formula is C13H15N3O3. The summed E-state index contributed by atoms with van der Waals surface area (Å²) in [5, 5.41) is 9.24. The van der Waals surface area contributed by atoms with Gasteiger partial charge in [0.15, 0.2) is 5.69 Å². The van der Waals surface area contributed by atoms with E-state index in [0.29, 0.717) is 17.9 Å². The molecule has 0 aliphatic heterocycles. The summed E-state index contributed by atoms with van der Waals surface area (Å²) in [6.07, 6.45) is 1.32. The fourth-order valence-electron chi connectivity index (χ4n) is 1.54. The zero-order valence-electron chi connectivity index (χ0n) is 10.5. The van der Waals surface area contributed by atoms with Gasteiger partial charge in [-0.15, -0.1) is 0 Å². The van der Waals surface area contributed by atoms with E-state index in [1.165, 1.54) is 6.33 Å². The second-order valence-corrected chi connectivity index (χ2v) is 3.70. The summed E-state index contributed by atoms with van der Waals surface area (Å²) in [5.41, 5.74) is 6.76. The third kappa shape index (κ3) is 2.92. The Labute approximate surface area is 110 Å². The molecule has 0 fully saturated rings. The number of para-hydroxylation sites is 1. The molecule has 0 saturated heterocycles. The highest BCUT2D eigenvalue weighted by molar-refractivity contribution is 5.57. The lowest BCUT2D eigenvalue weighted by Crippen LogP contribution is -2.03. The van der Waals surface area contributed by atoms with Crippen LogP contribution in [0.3, 0.4) is 0 Å². The van der Waals surface area contributed by atoms with E-state index in [4.69, 9.17) is 15.2 Å². The van der Waals surface area contributed by atoms with Crippen LogP contribution in [0.1, 0.15) is 12.5 Å². The Hall–Kier alpha value is -2.34. The summed E-state index contributed by atoms with van der Waals surface area (Å²) in [6.45, 7) is 2.16. The number of benzene rings is 1. The first-order valence-electron chi connectivity index (χ1n) is 5.86. The van der Waals surface area contributed by atoms with Crippen LogP contribution in [-0.4, -0.2) is 21.7 Å². The van der Waals surface area contributed by atoms with Crippen LogP contribution in [-0.2, 0) is 6.61 Å². The lowest BCUT2D eigenvalue weighted by Gasteiger charge is -2.12. The molecule has 1 aromatic carbocycles. The molecule has 0 bridgehead atoms. The molecule has 0 radical (unpaired) electrons. The van der Waals surface area contributed by atoms with Crippen molar-refractivity contribution in [3.05, 3.63) is 36.2 Å². The van der Waals surface area contributed by atoms with Crippen molar-refractivity contribution in [1.29, 1.82) is 0 Å². The van der Waals surface area contributed by atoms with Crippen LogP contribution in [0, 0.1) is 0 Å². The van der Waals surface area contributed by atoms with E-state index < -0.39 is 0 Å². The third-order valence-electron chi connectivity index (χ3n) is 2.44. The molecule has 0 atom stereocenters. The number of nitrogens with zero attached hydrogens (tertiary/aromatic N) is 2. The van der Waals surface area contributed by atoms with E-state index in [0.717, 1.165) is 0 Å². The van der Waals surface area contributed by atoms with Crippen molar-refractivity contribution in [1.82, 2.24) is 9.97 Å². The molecule has 0 aliphatic rings. The van der Waals surface area contributed by atoms with E-state index in [1.807, 2.05) is 13.0 Å². The van der Waals surface area contributed by atoms with Crippen molar-refractivity contribution in [2.45, 2.75) is 13.5 Å². The number of anilines is 1. The second-order valence-electron chi connectivity index (χ2n) is 3.70. The Bertz CT molecular complexity index is 561. The Morgan fingerprint density at radius 2 is 1.95 bits per heavy atom. The molecule has 100 valence electrons. The van der Waals surface area contributed by atoms with Gasteiger partial charge in [-0.05, 0) is 13.0 Å². The molecule has 0 unspecified atom stereocenters. The molecule has 0 saturated carbocycles. The fourth-order valence-corrected chi connectivity index (χ4v) is 1.54. The van der Waals surface area contributed by atoms with Gasteiger partial charge in [-0.2, -0.15) is 9.97 Å². The number of hydrogen-bond donors (Lipinski definition) is 2. The molecule has 2 aromatic rings. The quantitative estimate of drug-likeness (QED) is 0.852. The number of aromatic nitrogens is 2. The Balaban J connectivity index is 2.30. The van der Waals surface area contributed by atoms with Crippen molar-refractivity contribution in [3.8, 4) is 17.5 Å². The minimum atomic E-state index is -0.126. The minimum Gasteiger partial charge on any atom is -0.476 e. The number of nitrogen functional groups attached to an aromatic ring is 1. The van der Waals surface area contributed by atoms with Crippen molar-refractivity contribution < 1.29 is 14.6 Å². The molecule has 3 N–H and O–H groups in total. The summed E-state index contributed by atoms with van der Waals surface area (Å²) in [6, 6.07) is 7.10.